The molecule has 0 saturated carbocycles. The minimum Gasteiger partial charge on any atom is -0.389 e. The van der Waals surface area contributed by atoms with E-state index >= 15 is 0 Å². The molecule has 2 atom stereocenters. The molecule has 0 radical (unpaired) electrons. The molecule has 0 spiro atoms. The third-order valence-electron chi connectivity index (χ3n) is 3.92. The van der Waals surface area contributed by atoms with Gasteiger partial charge in [-0.3, -0.25) is 0 Å². The maximum Gasteiger partial charge on any atom is 0.104 e. The molecule has 2 rings (SSSR count). The lowest BCUT2D eigenvalue weighted by Gasteiger charge is -2.40. The molecule has 1 heterocycles. The van der Waals surface area contributed by atoms with Crippen molar-refractivity contribution in [2.75, 3.05) is 11.4 Å². The molecular weight excluding hydrogens is 308 g/mol. The number of nitrogens with two attached hydrogens (primary N) is 1. The fourth-order valence-electron chi connectivity index (χ4n) is 2.57. The summed E-state index contributed by atoms with van der Waals surface area (Å²) < 4.78 is 1.08. The normalized spacial score (nSPS) is 24.1. The highest BCUT2D eigenvalue weighted by Crippen LogP contribution is 2.34. The van der Waals surface area contributed by atoms with E-state index in [2.05, 4.69) is 40.7 Å². The van der Waals surface area contributed by atoms with Crippen LogP contribution in [0.1, 0.15) is 32.3 Å². The average molecular weight is 327 g/mol. The van der Waals surface area contributed by atoms with Crippen LogP contribution in [-0.2, 0) is 0 Å². The maximum atomic E-state index is 5.66. The van der Waals surface area contributed by atoms with Crippen LogP contribution >= 0.6 is 28.1 Å². The molecule has 1 aliphatic rings. The second kappa shape index (κ2) is 5.57. The Morgan fingerprint density at radius 1 is 1.44 bits per heavy atom. The second-order valence-electron chi connectivity index (χ2n) is 5.08. The zero-order valence-electron chi connectivity index (χ0n) is 10.8. The van der Waals surface area contributed by atoms with Gasteiger partial charge in [0.05, 0.1) is 5.69 Å². The molecule has 2 N–H and O–H groups in total. The van der Waals surface area contributed by atoms with Crippen molar-refractivity contribution in [1.82, 2.24) is 0 Å². The number of hydrogen-bond acceptors (Lipinski definition) is 2. The minimum atomic E-state index is 0.447. The van der Waals surface area contributed by atoms with Crippen LogP contribution in [0.3, 0.4) is 0 Å². The third kappa shape index (κ3) is 2.69. The summed E-state index contributed by atoms with van der Waals surface area (Å²) >= 11 is 8.65. The Labute approximate surface area is 123 Å². The number of hydrogen-bond donors (Lipinski definition) is 1. The number of halogens is 1. The van der Waals surface area contributed by atoms with E-state index < -0.39 is 0 Å². The van der Waals surface area contributed by atoms with Crippen LogP contribution in [-0.4, -0.2) is 17.6 Å². The van der Waals surface area contributed by atoms with E-state index in [1.54, 1.807) is 0 Å². The summed E-state index contributed by atoms with van der Waals surface area (Å²) in [4.78, 5) is 2.92. The lowest BCUT2D eigenvalue weighted by molar-refractivity contribution is 0.363. The molecule has 0 bridgehead atoms. The zero-order valence-corrected chi connectivity index (χ0v) is 13.2. The van der Waals surface area contributed by atoms with Gasteiger partial charge in [0.15, 0.2) is 0 Å². The third-order valence-corrected chi connectivity index (χ3v) is 4.79. The fourth-order valence-corrected chi connectivity index (χ4v) is 3.30. The lowest BCUT2D eigenvalue weighted by Crippen LogP contribution is -2.42. The van der Waals surface area contributed by atoms with E-state index in [-0.39, 0.29) is 0 Å². The molecule has 4 heteroatoms. The average Bonchev–Trinajstić information content (AvgIpc) is 2.33. The van der Waals surface area contributed by atoms with E-state index in [1.165, 1.54) is 18.5 Å². The van der Waals surface area contributed by atoms with Crippen molar-refractivity contribution in [3.05, 3.63) is 28.2 Å². The molecule has 0 aliphatic carbocycles. The van der Waals surface area contributed by atoms with Gasteiger partial charge in [0, 0.05) is 22.6 Å². The molecule has 2 nitrogen and oxygen atoms in total. The van der Waals surface area contributed by atoms with E-state index in [0.717, 1.165) is 22.5 Å². The van der Waals surface area contributed by atoms with Crippen molar-refractivity contribution in [2.24, 2.45) is 11.7 Å². The Morgan fingerprint density at radius 3 is 2.78 bits per heavy atom. The van der Waals surface area contributed by atoms with Crippen LogP contribution in [0.25, 0.3) is 0 Å². The highest BCUT2D eigenvalue weighted by Gasteiger charge is 2.26. The molecule has 1 saturated heterocycles. The smallest absolute Gasteiger partial charge is 0.104 e. The Kier molecular flexibility index (Phi) is 4.28. The molecule has 0 aromatic heterocycles. The van der Waals surface area contributed by atoms with Crippen molar-refractivity contribution < 1.29 is 0 Å². The summed E-state index contributed by atoms with van der Waals surface area (Å²) in [5.41, 5.74) is 7.82. The topological polar surface area (TPSA) is 29.3 Å². The van der Waals surface area contributed by atoms with Gasteiger partial charge in [0.2, 0.25) is 0 Å². The highest BCUT2D eigenvalue weighted by atomic mass is 79.9. The number of piperidine rings is 1. The molecule has 1 aliphatic heterocycles. The van der Waals surface area contributed by atoms with Crippen LogP contribution < -0.4 is 10.6 Å². The number of benzene rings is 1. The Morgan fingerprint density at radius 2 is 2.17 bits per heavy atom. The van der Waals surface area contributed by atoms with Crippen LogP contribution in [0.15, 0.2) is 22.7 Å². The number of anilines is 1. The zero-order chi connectivity index (χ0) is 13.3. The van der Waals surface area contributed by atoms with Crippen molar-refractivity contribution >= 4 is 38.8 Å². The van der Waals surface area contributed by atoms with Crippen molar-refractivity contribution in [3.8, 4) is 0 Å². The van der Waals surface area contributed by atoms with Crippen LogP contribution in [0.2, 0.25) is 0 Å². The number of nitrogens with zero attached hydrogens (tertiary/aromatic N) is 1. The Hall–Kier alpha value is -0.610. The molecule has 1 aromatic rings. The first kappa shape index (κ1) is 13.8. The summed E-state index contributed by atoms with van der Waals surface area (Å²) in [6.45, 7) is 5.75. The highest BCUT2D eigenvalue weighted by molar-refractivity contribution is 9.10. The SMILES string of the molecule is CC1CCCN(c2ccc(C(N)=S)cc2Br)C1C. The van der Waals surface area contributed by atoms with Gasteiger partial charge in [-0.2, -0.15) is 0 Å². The predicted molar refractivity (Wildman–Crippen MR) is 85.2 cm³/mol. The van der Waals surface area contributed by atoms with Gasteiger partial charge in [-0.05, 0) is 59.8 Å². The predicted octanol–water partition coefficient (Wildman–Crippen LogP) is 3.71. The molecule has 2 unspecified atom stereocenters. The van der Waals surface area contributed by atoms with Crippen molar-refractivity contribution in [3.63, 3.8) is 0 Å². The summed E-state index contributed by atoms with van der Waals surface area (Å²) in [5.74, 6) is 0.737. The van der Waals surface area contributed by atoms with E-state index in [9.17, 15) is 0 Å². The molecule has 98 valence electrons. The van der Waals surface area contributed by atoms with Gasteiger partial charge in [0.25, 0.3) is 0 Å². The first-order valence-corrected chi connectivity index (χ1v) is 7.57. The number of thiocarbonyl (C=S) groups is 1. The van der Waals surface area contributed by atoms with E-state index in [4.69, 9.17) is 18.0 Å². The van der Waals surface area contributed by atoms with E-state index in [0.29, 0.717) is 11.0 Å². The van der Waals surface area contributed by atoms with Crippen molar-refractivity contribution in [2.45, 2.75) is 32.7 Å². The molecule has 0 amide bonds. The van der Waals surface area contributed by atoms with Crippen LogP contribution in [0.4, 0.5) is 5.69 Å². The lowest BCUT2D eigenvalue weighted by atomic mass is 9.91. The van der Waals surface area contributed by atoms with Gasteiger partial charge in [0.1, 0.15) is 4.99 Å². The largest absolute Gasteiger partial charge is 0.389 e. The van der Waals surface area contributed by atoms with Gasteiger partial charge >= 0.3 is 0 Å². The maximum absolute atomic E-state index is 5.66. The summed E-state index contributed by atoms with van der Waals surface area (Å²) in [7, 11) is 0. The van der Waals surface area contributed by atoms with Crippen molar-refractivity contribution in [1.29, 1.82) is 0 Å². The summed E-state index contributed by atoms with van der Waals surface area (Å²) in [6, 6.07) is 6.72. The summed E-state index contributed by atoms with van der Waals surface area (Å²) in [6.07, 6.45) is 2.58. The van der Waals surface area contributed by atoms with Gasteiger partial charge < -0.3 is 10.6 Å². The van der Waals surface area contributed by atoms with E-state index in [1.807, 2.05) is 12.1 Å². The number of rotatable bonds is 2. The second-order valence-corrected chi connectivity index (χ2v) is 6.38. The molecule has 18 heavy (non-hydrogen) atoms. The van der Waals surface area contributed by atoms with Gasteiger partial charge in [-0.15, -0.1) is 0 Å². The first-order valence-electron chi connectivity index (χ1n) is 6.36. The summed E-state index contributed by atoms with van der Waals surface area (Å²) in [5, 5.41) is 0. The Balaban J connectivity index is 2.30. The standard InChI is InChI=1S/C14H19BrN2S/c1-9-4-3-7-17(10(9)2)13-6-5-11(14(16)18)8-12(13)15/h5-6,8-10H,3-4,7H2,1-2H3,(H2,16,18). The molecule has 1 fully saturated rings. The minimum absolute atomic E-state index is 0.447. The molecular formula is C14H19BrN2S. The Bertz CT molecular complexity index is 461. The quantitative estimate of drug-likeness (QED) is 0.840. The van der Waals surface area contributed by atoms with Gasteiger partial charge in [-0.1, -0.05) is 19.1 Å². The molecule has 1 aromatic carbocycles. The fraction of sp³-hybridized carbons (Fsp3) is 0.500. The van der Waals surface area contributed by atoms with Crippen LogP contribution in [0.5, 0.6) is 0 Å². The monoisotopic (exact) mass is 326 g/mol. The first-order chi connectivity index (χ1) is 8.50. The van der Waals surface area contributed by atoms with Crippen LogP contribution in [0, 0.1) is 5.92 Å². The van der Waals surface area contributed by atoms with Gasteiger partial charge in [-0.25, -0.2) is 0 Å².